The van der Waals surface area contributed by atoms with Crippen LogP contribution < -0.4 is 21.7 Å². The monoisotopic (exact) mass is 535 g/mol. The minimum atomic E-state index is -1.50. The minimum absolute atomic E-state index is 0. The number of piperidine rings is 3. The summed E-state index contributed by atoms with van der Waals surface area (Å²) < 4.78 is 13.1. The van der Waals surface area contributed by atoms with Crippen molar-refractivity contribution in [2.24, 2.45) is 11.8 Å². The molecule has 7 heteroatoms. The van der Waals surface area contributed by atoms with Gasteiger partial charge in [0.1, 0.15) is 25.4 Å². The van der Waals surface area contributed by atoms with E-state index >= 15 is 0 Å². The molecule has 3 saturated heterocycles. The molecule has 4 heterocycles. The summed E-state index contributed by atoms with van der Waals surface area (Å²) in [6, 6.07) is 13.7. The Kier molecular flexibility index (Phi) is 7.83. The van der Waals surface area contributed by atoms with E-state index in [-0.39, 0.29) is 29.0 Å². The van der Waals surface area contributed by atoms with E-state index in [4.69, 9.17) is 9.47 Å². The molecule has 1 N–H and O–H groups in total. The van der Waals surface area contributed by atoms with Crippen LogP contribution in [0.25, 0.3) is 0 Å². The number of carbonyl (C=O) groups excluding carboxylic acids is 1. The number of ether oxygens (including phenoxy) is 2. The van der Waals surface area contributed by atoms with Crippen molar-refractivity contribution in [1.29, 1.82) is 0 Å². The highest BCUT2D eigenvalue weighted by atomic mass is 79.9. The maximum atomic E-state index is 13.5. The quantitative estimate of drug-likeness (QED) is 0.409. The molecule has 0 amide bonds. The zero-order chi connectivity index (χ0) is 22.0. The molecule has 180 valence electrons. The van der Waals surface area contributed by atoms with Crippen molar-refractivity contribution in [3.05, 3.63) is 52.7 Å². The first-order valence-corrected chi connectivity index (χ1v) is 13.0. The molecule has 1 aliphatic carbocycles. The Bertz CT molecular complexity index is 894. The van der Waals surface area contributed by atoms with Crippen LogP contribution in [0.4, 0.5) is 0 Å². The second-order valence-corrected chi connectivity index (χ2v) is 10.8. The van der Waals surface area contributed by atoms with Gasteiger partial charge in [0, 0.05) is 29.6 Å². The van der Waals surface area contributed by atoms with Crippen LogP contribution in [0.1, 0.15) is 43.4 Å². The third kappa shape index (κ3) is 5.02. The van der Waals surface area contributed by atoms with Gasteiger partial charge in [0.15, 0.2) is 11.7 Å². The van der Waals surface area contributed by atoms with Crippen LogP contribution in [0, 0.1) is 11.8 Å². The number of halogens is 1. The molecule has 4 fully saturated rings. The normalized spacial score (nSPS) is 28.6. The highest BCUT2D eigenvalue weighted by Crippen LogP contribution is 2.44. The summed E-state index contributed by atoms with van der Waals surface area (Å²) in [7, 11) is 0. The molecule has 2 aromatic rings. The lowest BCUT2D eigenvalue weighted by Gasteiger charge is -2.52. The number of nitrogens with zero attached hydrogens (tertiary/aromatic N) is 1. The van der Waals surface area contributed by atoms with E-state index in [1.165, 1.54) is 11.3 Å². The Morgan fingerprint density at radius 3 is 2.45 bits per heavy atom. The first-order chi connectivity index (χ1) is 15.6. The average molecular weight is 537 g/mol. The summed E-state index contributed by atoms with van der Waals surface area (Å²) in [5.41, 5.74) is -1.50. The lowest BCUT2D eigenvalue weighted by atomic mass is 9.82. The molecule has 1 aromatic heterocycles. The molecule has 2 bridgehead atoms. The Morgan fingerprint density at radius 1 is 1.06 bits per heavy atom. The number of benzene rings is 1. The van der Waals surface area contributed by atoms with E-state index in [9.17, 15) is 9.90 Å². The van der Waals surface area contributed by atoms with Gasteiger partial charge in [-0.1, -0.05) is 37.1 Å². The Labute approximate surface area is 211 Å². The van der Waals surface area contributed by atoms with Crippen molar-refractivity contribution in [1.82, 2.24) is 0 Å². The summed E-state index contributed by atoms with van der Waals surface area (Å²) >= 11 is 1.46. The zero-order valence-corrected chi connectivity index (χ0v) is 21.4. The highest BCUT2D eigenvalue weighted by molar-refractivity contribution is 7.10. The van der Waals surface area contributed by atoms with Crippen LogP contribution in [0.15, 0.2) is 47.8 Å². The molecular formula is C26H34BrNO4S. The molecule has 33 heavy (non-hydrogen) atoms. The third-order valence-electron chi connectivity index (χ3n) is 8.03. The van der Waals surface area contributed by atoms with Crippen LogP contribution in [-0.2, 0) is 15.1 Å². The third-order valence-corrected chi connectivity index (χ3v) is 9.03. The van der Waals surface area contributed by atoms with Crippen molar-refractivity contribution >= 4 is 17.3 Å². The fourth-order valence-electron chi connectivity index (χ4n) is 6.08. The fraction of sp³-hybridized carbons (Fsp3) is 0.577. The number of rotatable bonds is 8. The number of hydrogen-bond acceptors (Lipinski definition) is 5. The van der Waals surface area contributed by atoms with Gasteiger partial charge in [-0.2, -0.15) is 0 Å². The largest absolute Gasteiger partial charge is 1.00 e. The average Bonchev–Trinajstić information content (AvgIpc) is 3.55. The van der Waals surface area contributed by atoms with E-state index in [1.54, 1.807) is 0 Å². The van der Waals surface area contributed by atoms with Crippen molar-refractivity contribution < 1.29 is 40.8 Å². The topological polar surface area (TPSA) is 55.8 Å². The summed E-state index contributed by atoms with van der Waals surface area (Å²) in [6.07, 6.45) is 5.93. The smallest absolute Gasteiger partial charge is 0.344 e. The van der Waals surface area contributed by atoms with Gasteiger partial charge in [0.25, 0.3) is 0 Å². The van der Waals surface area contributed by atoms with Gasteiger partial charge in [-0.15, -0.1) is 11.3 Å². The van der Waals surface area contributed by atoms with Crippen LogP contribution >= 0.6 is 11.3 Å². The lowest BCUT2D eigenvalue weighted by molar-refractivity contribution is -0.946. The van der Waals surface area contributed by atoms with Crippen LogP contribution in [0.5, 0.6) is 5.75 Å². The van der Waals surface area contributed by atoms with Gasteiger partial charge in [0.2, 0.25) is 0 Å². The maximum absolute atomic E-state index is 13.5. The van der Waals surface area contributed by atoms with Crippen LogP contribution in [-0.4, -0.2) is 54.4 Å². The number of esters is 1. The summed E-state index contributed by atoms with van der Waals surface area (Å²) in [6.45, 7) is 4.66. The molecule has 4 aliphatic rings. The first kappa shape index (κ1) is 24.7. The standard InChI is InChI=1S/C26H34NO4S.BrH/c28-25(26(29,21-7-4-5-8-21)24-11-6-18-32-24)31-23-19-27(14-12-20(23)13-15-27)16-17-30-22-9-2-1-3-10-22;/h1-3,6,9-11,18,20-21,23,29H,4-5,7-8,12-17,19H2;1H/q+1;/p-1/t20?,23-,26+,27?;/m0./s1. The lowest BCUT2D eigenvalue weighted by Crippen LogP contribution is -3.00. The number of hydrogen-bond donors (Lipinski definition) is 1. The Balaban J connectivity index is 0.00000259. The second kappa shape index (κ2) is 10.5. The summed E-state index contributed by atoms with van der Waals surface area (Å²) in [4.78, 5) is 14.2. The number of aliphatic hydroxyl groups is 1. The van der Waals surface area contributed by atoms with E-state index in [2.05, 4.69) is 0 Å². The summed E-state index contributed by atoms with van der Waals surface area (Å²) in [5, 5.41) is 13.6. The number of quaternary nitrogens is 1. The van der Waals surface area contributed by atoms with Crippen molar-refractivity contribution in [2.45, 2.75) is 50.2 Å². The van der Waals surface area contributed by atoms with Gasteiger partial charge in [0.05, 0.1) is 13.1 Å². The van der Waals surface area contributed by atoms with Crippen molar-refractivity contribution in [3.8, 4) is 5.75 Å². The molecule has 1 saturated carbocycles. The molecule has 3 aliphatic heterocycles. The van der Waals surface area contributed by atoms with E-state index < -0.39 is 11.6 Å². The molecule has 6 rings (SSSR count). The fourth-order valence-corrected chi connectivity index (χ4v) is 6.97. The van der Waals surface area contributed by atoms with Crippen molar-refractivity contribution in [2.75, 3.05) is 32.8 Å². The predicted molar refractivity (Wildman–Crippen MR) is 124 cm³/mol. The number of fused-ring (bicyclic) bond motifs is 3. The molecule has 0 radical (unpaired) electrons. The van der Waals surface area contributed by atoms with E-state index in [0.717, 1.165) is 79.8 Å². The Morgan fingerprint density at radius 2 is 1.79 bits per heavy atom. The minimum Gasteiger partial charge on any atom is -1.00 e. The van der Waals surface area contributed by atoms with Gasteiger partial charge in [-0.25, -0.2) is 4.79 Å². The van der Waals surface area contributed by atoms with Gasteiger partial charge in [-0.05, 0) is 36.4 Å². The van der Waals surface area contributed by atoms with Crippen LogP contribution in [0.3, 0.4) is 0 Å². The van der Waals surface area contributed by atoms with Gasteiger partial charge < -0.3 is 36.0 Å². The van der Waals surface area contributed by atoms with Crippen LogP contribution in [0.2, 0.25) is 0 Å². The van der Waals surface area contributed by atoms with Gasteiger partial charge >= 0.3 is 5.97 Å². The second-order valence-electron chi connectivity index (χ2n) is 9.86. The van der Waals surface area contributed by atoms with E-state index in [0.29, 0.717) is 12.5 Å². The number of thiophene rings is 1. The molecule has 2 atom stereocenters. The molecule has 5 nitrogen and oxygen atoms in total. The predicted octanol–water partition coefficient (Wildman–Crippen LogP) is 1.36. The zero-order valence-electron chi connectivity index (χ0n) is 19.0. The Hall–Kier alpha value is -1.41. The SMILES string of the molecule is O=C(O[C@H]1C[N+]2(CCOc3ccccc3)CCC1CC2)[C@](O)(c1cccs1)C1CCCC1.[Br-]. The molecule has 0 unspecified atom stereocenters. The number of carbonyl (C=O) groups is 1. The molecule has 0 spiro atoms. The van der Waals surface area contributed by atoms with Gasteiger partial charge in [-0.3, -0.25) is 0 Å². The molecular weight excluding hydrogens is 502 g/mol. The molecule has 1 aromatic carbocycles. The maximum Gasteiger partial charge on any atom is 0.344 e. The first-order valence-electron chi connectivity index (χ1n) is 12.1. The van der Waals surface area contributed by atoms with Crippen molar-refractivity contribution in [3.63, 3.8) is 0 Å². The van der Waals surface area contributed by atoms with E-state index in [1.807, 2.05) is 47.8 Å². The number of para-hydroxylation sites is 1. The highest BCUT2D eigenvalue weighted by Gasteiger charge is 2.53. The summed E-state index contributed by atoms with van der Waals surface area (Å²) in [5.74, 6) is 0.838.